The highest BCUT2D eigenvalue weighted by atomic mass is 19.1. The van der Waals surface area contributed by atoms with Crippen molar-refractivity contribution in [3.63, 3.8) is 0 Å². The summed E-state index contributed by atoms with van der Waals surface area (Å²) in [7, 11) is 0. The lowest BCUT2D eigenvalue weighted by molar-refractivity contribution is -0.0386. The van der Waals surface area contributed by atoms with E-state index in [1.54, 1.807) is 4.90 Å². The van der Waals surface area contributed by atoms with E-state index >= 15 is 0 Å². The Balaban J connectivity index is 1.18. The molecule has 1 spiro atoms. The Kier molecular flexibility index (Phi) is 8.64. The molecule has 216 valence electrons. The molecule has 39 heavy (non-hydrogen) atoms. The van der Waals surface area contributed by atoms with Crippen molar-refractivity contribution in [2.45, 2.75) is 102 Å². The van der Waals surface area contributed by atoms with Gasteiger partial charge in [0.25, 0.3) is 5.91 Å². The average molecular weight is 547 g/mol. The number of halogens is 2. The van der Waals surface area contributed by atoms with E-state index in [1.807, 2.05) is 0 Å². The van der Waals surface area contributed by atoms with Crippen molar-refractivity contribution < 1.29 is 23.1 Å². The fraction of sp³-hybridized carbons (Fsp3) is 0.733. The number of hydrogen-bond donors (Lipinski definition) is 1. The maximum atomic E-state index is 14.3. The molecule has 1 saturated carbocycles. The summed E-state index contributed by atoms with van der Waals surface area (Å²) in [5.41, 5.74) is 4.53. The van der Waals surface area contributed by atoms with E-state index in [0.717, 1.165) is 76.7 Å². The first-order valence-corrected chi connectivity index (χ1v) is 15.1. The Morgan fingerprint density at radius 3 is 2.28 bits per heavy atom. The first-order chi connectivity index (χ1) is 18.8. The van der Waals surface area contributed by atoms with Crippen molar-refractivity contribution in [2.75, 3.05) is 38.5 Å². The van der Waals surface area contributed by atoms with E-state index in [-0.39, 0.29) is 17.8 Å². The number of anilines is 1. The number of nitrogens with zero attached hydrogens (tertiary/aromatic N) is 3. The molecule has 1 unspecified atom stereocenters. The maximum Gasteiger partial charge on any atom is 0.410 e. The molecule has 0 bridgehead atoms. The van der Waals surface area contributed by atoms with Gasteiger partial charge < -0.3 is 20.3 Å². The van der Waals surface area contributed by atoms with Crippen molar-refractivity contribution in [1.29, 1.82) is 0 Å². The lowest BCUT2D eigenvalue weighted by atomic mass is 9.80. The standard InChI is InChI=1S/C30H44F2N4O3/c1-2-3-9-26-30(39-29(38)36(26)20-21-7-5-4-6-8-21)12-16-34(17-13-30)23-10-14-35(15-11-23)28(37)27-24(31)18-22(33)19-25(27)32/h18-19,21,23,26H,2-17,20,33H2,1H3. The molecule has 4 fully saturated rings. The molecule has 9 heteroatoms. The third-order valence-electron chi connectivity index (χ3n) is 9.71. The van der Waals surface area contributed by atoms with Crippen molar-refractivity contribution in [3.05, 3.63) is 29.3 Å². The van der Waals surface area contributed by atoms with Crippen LogP contribution in [0.25, 0.3) is 0 Å². The number of carbonyl (C=O) groups excluding carboxylic acids is 2. The van der Waals surface area contributed by atoms with Crippen molar-refractivity contribution >= 4 is 17.7 Å². The highest BCUT2D eigenvalue weighted by molar-refractivity contribution is 5.95. The van der Waals surface area contributed by atoms with E-state index in [4.69, 9.17) is 10.5 Å². The molecule has 0 aromatic heterocycles. The van der Waals surface area contributed by atoms with Crippen LogP contribution in [0.5, 0.6) is 0 Å². The molecular formula is C30H44F2N4O3. The van der Waals surface area contributed by atoms with Gasteiger partial charge in [-0.1, -0.05) is 39.0 Å². The predicted molar refractivity (Wildman–Crippen MR) is 146 cm³/mol. The number of unbranched alkanes of at least 4 members (excludes halogenated alkanes) is 1. The molecule has 3 heterocycles. The molecule has 2 amide bonds. The number of amides is 2. The van der Waals surface area contributed by atoms with E-state index < -0.39 is 28.7 Å². The summed E-state index contributed by atoms with van der Waals surface area (Å²) >= 11 is 0. The predicted octanol–water partition coefficient (Wildman–Crippen LogP) is 5.58. The first kappa shape index (κ1) is 28.1. The number of ether oxygens (including phenoxy) is 1. The Labute approximate surface area is 231 Å². The lowest BCUT2D eigenvalue weighted by Crippen LogP contribution is -2.56. The molecule has 2 N–H and O–H groups in total. The van der Waals surface area contributed by atoms with Gasteiger partial charge in [-0.15, -0.1) is 0 Å². The fourth-order valence-corrected chi connectivity index (χ4v) is 7.47. The molecule has 3 aliphatic heterocycles. The van der Waals surface area contributed by atoms with Crippen LogP contribution in [0.1, 0.15) is 94.3 Å². The monoisotopic (exact) mass is 546 g/mol. The van der Waals surface area contributed by atoms with Gasteiger partial charge in [0.1, 0.15) is 22.8 Å². The summed E-state index contributed by atoms with van der Waals surface area (Å²) in [6.45, 7) is 5.65. The van der Waals surface area contributed by atoms with Crippen LogP contribution in [-0.2, 0) is 4.74 Å². The van der Waals surface area contributed by atoms with Gasteiger partial charge in [0.15, 0.2) is 0 Å². The maximum absolute atomic E-state index is 14.3. The third kappa shape index (κ3) is 5.88. The van der Waals surface area contributed by atoms with Crippen molar-refractivity contribution in [3.8, 4) is 0 Å². The van der Waals surface area contributed by atoms with Crippen LogP contribution in [0, 0.1) is 17.6 Å². The molecule has 1 aromatic carbocycles. The average Bonchev–Trinajstić information content (AvgIpc) is 3.17. The summed E-state index contributed by atoms with van der Waals surface area (Å²) in [6, 6.07) is 2.44. The van der Waals surface area contributed by atoms with Gasteiger partial charge in [-0.2, -0.15) is 0 Å². The number of piperidine rings is 2. The number of likely N-dealkylation sites (tertiary alicyclic amines) is 2. The van der Waals surface area contributed by atoms with Crippen LogP contribution in [0.15, 0.2) is 12.1 Å². The summed E-state index contributed by atoms with van der Waals surface area (Å²) in [5, 5.41) is 0. The molecule has 1 atom stereocenters. The number of rotatable bonds is 7. The van der Waals surface area contributed by atoms with Crippen LogP contribution >= 0.6 is 0 Å². The van der Waals surface area contributed by atoms with Crippen LogP contribution < -0.4 is 5.73 Å². The van der Waals surface area contributed by atoms with Gasteiger partial charge in [-0.05, 0) is 50.2 Å². The molecule has 3 saturated heterocycles. The SMILES string of the molecule is CCCCC1N(CC2CCCCC2)C(=O)OC12CCN(C1CCN(C(=O)c3c(F)cc(N)cc3F)CC1)CC2. The van der Waals surface area contributed by atoms with Crippen LogP contribution in [-0.4, -0.2) is 77.1 Å². The van der Waals surface area contributed by atoms with Gasteiger partial charge in [-0.3, -0.25) is 9.69 Å². The topological polar surface area (TPSA) is 79.1 Å². The zero-order valence-corrected chi connectivity index (χ0v) is 23.3. The van der Waals surface area contributed by atoms with Crippen LogP contribution in [0.3, 0.4) is 0 Å². The normalized spacial score (nSPS) is 24.9. The fourth-order valence-electron chi connectivity index (χ4n) is 7.47. The Morgan fingerprint density at radius 1 is 1.03 bits per heavy atom. The second kappa shape index (κ2) is 12.0. The second-order valence-corrected chi connectivity index (χ2v) is 12.2. The summed E-state index contributed by atoms with van der Waals surface area (Å²) in [5.74, 6) is -1.85. The first-order valence-electron chi connectivity index (χ1n) is 15.1. The van der Waals surface area contributed by atoms with E-state index in [1.165, 1.54) is 32.1 Å². The highest BCUT2D eigenvalue weighted by Gasteiger charge is 2.55. The van der Waals surface area contributed by atoms with Crippen LogP contribution in [0.4, 0.5) is 19.3 Å². The minimum atomic E-state index is -0.915. The van der Waals surface area contributed by atoms with Gasteiger partial charge in [0.2, 0.25) is 0 Å². The largest absolute Gasteiger partial charge is 0.440 e. The van der Waals surface area contributed by atoms with Crippen molar-refractivity contribution in [1.82, 2.24) is 14.7 Å². The molecular weight excluding hydrogens is 502 g/mol. The van der Waals surface area contributed by atoms with Gasteiger partial charge in [-0.25, -0.2) is 13.6 Å². The Bertz CT molecular complexity index is 1010. The smallest absolute Gasteiger partial charge is 0.410 e. The quantitative estimate of drug-likeness (QED) is 0.452. The van der Waals surface area contributed by atoms with Gasteiger partial charge in [0, 0.05) is 57.3 Å². The highest BCUT2D eigenvalue weighted by Crippen LogP contribution is 2.43. The van der Waals surface area contributed by atoms with E-state index in [9.17, 15) is 18.4 Å². The van der Waals surface area contributed by atoms with E-state index in [0.29, 0.717) is 25.0 Å². The second-order valence-electron chi connectivity index (χ2n) is 12.2. The Hall–Kier alpha value is -2.42. The summed E-state index contributed by atoms with van der Waals surface area (Å²) in [6.07, 6.45) is 12.5. The molecule has 0 radical (unpaired) electrons. The minimum Gasteiger partial charge on any atom is -0.440 e. The van der Waals surface area contributed by atoms with E-state index in [2.05, 4.69) is 16.7 Å². The number of hydrogen-bond acceptors (Lipinski definition) is 5. The van der Waals surface area contributed by atoms with Gasteiger partial charge in [0.05, 0.1) is 6.04 Å². The van der Waals surface area contributed by atoms with Crippen LogP contribution in [0.2, 0.25) is 0 Å². The minimum absolute atomic E-state index is 0.0369. The number of carbonyl (C=O) groups is 2. The lowest BCUT2D eigenvalue weighted by Gasteiger charge is -2.46. The number of nitrogens with two attached hydrogens (primary N) is 1. The summed E-state index contributed by atoms with van der Waals surface area (Å²) < 4.78 is 34.9. The molecule has 7 nitrogen and oxygen atoms in total. The number of nitrogen functional groups attached to an aromatic ring is 1. The molecule has 1 aliphatic carbocycles. The number of benzene rings is 1. The zero-order chi connectivity index (χ0) is 27.6. The zero-order valence-electron chi connectivity index (χ0n) is 23.3. The molecule has 1 aromatic rings. The summed E-state index contributed by atoms with van der Waals surface area (Å²) in [4.78, 5) is 32.1. The molecule has 5 rings (SSSR count). The third-order valence-corrected chi connectivity index (χ3v) is 9.71. The van der Waals surface area contributed by atoms with Crippen molar-refractivity contribution in [2.24, 2.45) is 5.92 Å². The molecule has 4 aliphatic rings. The Morgan fingerprint density at radius 2 is 1.67 bits per heavy atom. The van der Waals surface area contributed by atoms with Gasteiger partial charge >= 0.3 is 6.09 Å².